The molecule has 2 rings (SSSR count). The van der Waals surface area contributed by atoms with Gasteiger partial charge in [-0.25, -0.2) is 0 Å². The summed E-state index contributed by atoms with van der Waals surface area (Å²) in [6, 6.07) is 1.39. The maximum absolute atomic E-state index is 3.73. The van der Waals surface area contributed by atoms with Crippen molar-refractivity contribution in [2.24, 2.45) is 5.41 Å². The minimum Gasteiger partial charge on any atom is -0.316 e. The van der Waals surface area contributed by atoms with Crippen molar-refractivity contribution >= 4 is 0 Å². The van der Waals surface area contributed by atoms with Gasteiger partial charge in [0.15, 0.2) is 0 Å². The van der Waals surface area contributed by atoms with E-state index < -0.39 is 0 Å². The number of hydrogen-bond donors (Lipinski definition) is 1. The zero-order chi connectivity index (χ0) is 15.3. The smallest absolute Gasteiger partial charge is 0.0195 e. The molecule has 1 N–H and O–H groups in total. The van der Waals surface area contributed by atoms with Gasteiger partial charge in [-0.2, -0.15) is 0 Å². The maximum atomic E-state index is 3.73. The molecule has 2 fully saturated rings. The van der Waals surface area contributed by atoms with Crippen molar-refractivity contribution in [2.75, 3.05) is 39.8 Å². The highest BCUT2D eigenvalue weighted by Crippen LogP contribution is 2.37. The summed E-state index contributed by atoms with van der Waals surface area (Å²) in [6.07, 6.45) is 8.43. The first-order valence-electron chi connectivity index (χ1n) is 9.21. The highest BCUT2D eigenvalue weighted by Gasteiger charge is 2.36. The SMILES string of the molecule is CCCNCC1(CN2CC(C)N(C)C(C)C2)CCCCC1. The molecule has 124 valence electrons. The third-order valence-corrected chi connectivity index (χ3v) is 5.84. The van der Waals surface area contributed by atoms with Crippen LogP contribution in [-0.2, 0) is 0 Å². The van der Waals surface area contributed by atoms with E-state index in [4.69, 9.17) is 0 Å². The number of hydrogen-bond acceptors (Lipinski definition) is 3. The van der Waals surface area contributed by atoms with Crippen LogP contribution in [-0.4, -0.2) is 61.7 Å². The second-order valence-electron chi connectivity index (χ2n) is 7.80. The number of likely N-dealkylation sites (N-methyl/N-ethyl adjacent to an activating group) is 1. The molecule has 0 amide bonds. The normalized spacial score (nSPS) is 31.4. The van der Waals surface area contributed by atoms with E-state index in [0.29, 0.717) is 17.5 Å². The zero-order valence-electron chi connectivity index (χ0n) is 14.8. The Morgan fingerprint density at radius 1 is 1.05 bits per heavy atom. The molecule has 0 aromatic heterocycles. The molecule has 1 saturated carbocycles. The molecular weight excluding hydrogens is 258 g/mol. The molecule has 0 bridgehead atoms. The lowest BCUT2D eigenvalue weighted by Gasteiger charge is -2.47. The van der Waals surface area contributed by atoms with Crippen LogP contribution >= 0.6 is 0 Å². The topological polar surface area (TPSA) is 18.5 Å². The summed E-state index contributed by atoms with van der Waals surface area (Å²) in [7, 11) is 2.28. The molecule has 2 aliphatic rings. The quantitative estimate of drug-likeness (QED) is 0.760. The second-order valence-corrected chi connectivity index (χ2v) is 7.80. The van der Waals surface area contributed by atoms with E-state index in [1.54, 1.807) is 0 Å². The summed E-state index contributed by atoms with van der Waals surface area (Å²) >= 11 is 0. The molecule has 1 aliphatic heterocycles. The number of nitrogens with zero attached hydrogens (tertiary/aromatic N) is 2. The lowest BCUT2D eigenvalue weighted by molar-refractivity contribution is 0.0197. The standard InChI is InChI=1S/C18H37N3/c1-5-11-19-14-18(9-7-6-8-10-18)15-21-12-16(2)20(4)17(3)13-21/h16-17,19H,5-15H2,1-4H3. The summed E-state index contributed by atoms with van der Waals surface area (Å²) in [5.74, 6) is 0. The number of piperazine rings is 1. The van der Waals surface area contributed by atoms with E-state index in [2.05, 4.69) is 42.9 Å². The molecule has 3 heteroatoms. The minimum absolute atomic E-state index is 0.544. The predicted octanol–water partition coefficient (Wildman–Crippen LogP) is 2.96. The highest BCUT2D eigenvalue weighted by molar-refractivity contribution is 4.91. The fourth-order valence-corrected chi connectivity index (χ4v) is 4.34. The first-order chi connectivity index (χ1) is 10.1. The third kappa shape index (κ3) is 4.67. The van der Waals surface area contributed by atoms with Crippen molar-refractivity contribution in [1.82, 2.24) is 15.1 Å². The van der Waals surface area contributed by atoms with E-state index in [9.17, 15) is 0 Å². The van der Waals surface area contributed by atoms with Crippen LogP contribution in [0.15, 0.2) is 0 Å². The van der Waals surface area contributed by atoms with Gasteiger partial charge in [-0.05, 0) is 52.1 Å². The fraction of sp³-hybridized carbons (Fsp3) is 1.00. The lowest BCUT2D eigenvalue weighted by atomic mass is 9.73. The largest absolute Gasteiger partial charge is 0.316 e. The van der Waals surface area contributed by atoms with Crippen molar-refractivity contribution in [3.8, 4) is 0 Å². The van der Waals surface area contributed by atoms with E-state index >= 15 is 0 Å². The Morgan fingerprint density at radius 3 is 2.24 bits per heavy atom. The minimum atomic E-state index is 0.544. The van der Waals surface area contributed by atoms with Crippen LogP contribution in [0.4, 0.5) is 0 Å². The van der Waals surface area contributed by atoms with Gasteiger partial charge in [0.25, 0.3) is 0 Å². The van der Waals surface area contributed by atoms with Gasteiger partial charge in [-0.3, -0.25) is 9.80 Å². The Morgan fingerprint density at radius 2 is 1.67 bits per heavy atom. The molecule has 0 aromatic carbocycles. The molecular formula is C18H37N3. The Balaban J connectivity index is 1.94. The fourth-order valence-electron chi connectivity index (χ4n) is 4.34. The highest BCUT2D eigenvalue weighted by atomic mass is 15.3. The monoisotopic (exact) mass is 295 g/mol. The van der Waals surface area contributed by atoms with Gasteiger partial charge < -0.3 is 5.32 Å². The predicted molar refractivity (Wildman–Crippen MR) is 91.8 cm³/mol. The van der Waals surface area contributed by atoms with Gasteiger partial charge >= 0.3 is 0 Å². The summed E-state index contributed by atoms with van der Waals surface area (Å²) < 4.78 is 0. The van der Waals surface area contributed by atoms with E-state index in [-0.39, 0.29) is 0 Å². The summed E-state index contributed by atoms with van der Waals surface area (Å²) in [4.78, 5) is 5.30. The van der Waals surface area contributed by atoms with Crippen molar-refractivity contribution in [3.63, 3.8) is 0 Å². The molecule has 3 nitrogen and oxygen atoms in total. The molecule has 2 unspecified atom stereocenters. The molecule has 1 aliphatic carbocycles. The molecule has 21 heavy (non-hydrogen) atoms. The van der Waals surface area contributed by atoms with Crippen molar-refractivity contribution in [3.05, 3.63) is 0 Å². The zero-order valence-corrected chi connectivity index (χ0v) is 14.8. The third-order valence-electron chi connectivity index (χ3n) is 5.84. The summed E-state index contributed by atoms with van der Waals surface area (Å²) in [5, 5.41) is 3.73. The summed E-state index contributed by atoms with van der Waals surface area (Å²) in [6.45, 7) is 13.2. The van der Waals surface area contributed by atoms with E-state index in [0.717, 1.165) is 0 Å². The van der Waals surface area contributed by atoms with Crippen LogP contribution < -0.4 is 5.32 Å². The molecule has 1 heterocycles. The average Bonchev–Trinajstić information content (AvgIpc) is 2.46. The van der Waals surface area contributed by atoms with Crippen LogP contribution in [0.5, 0.6) is 0 Å². The van der Waals surface area contributed by atoms with Crippen LogP contribution in [0.1, 0.15) is 59.3 Å². The van der Waals surface area contributed by atoms with Gasteiger partial charge in [0.05, 0.1) is 0 Å². The number of rotatable bonds is 6. The average molecular weight is 296 g/mol. The Kier molecular flexibility index (Phi) is 6.51. The Hall–Kier alpha value is -0.120. The van der Waals surface area contributed by atoms with Crippen LogP contribution in [0.25, 0.3) is 0 Å². The Bertz CT molecular complexity index is 287. The number of nitrogens with one attached hydrogen (secondary N) is 1. The van der Waals surface area contributed by atoms with E-state index in [1.807, 2.05) is 0 Å². The van der Waals surface area contributed by atoms with Crippen LogP contribution in [0.2, 0.25) is 0 Å². The van der Waals surface area contributed by atoms with Crippen LogP contribution in [0, 0.1) is 5.41 Å². The molecule has 0 radical (unpaired) electrons. The van der Waals surface area contributed by atoms with Crippen molar-refractivity contribution < 1.29 is 0 Å². The van der Waals surface area contributed by atoms with Gasteiger partial charge in [-0.15, -0.1) is 0 Å². The van der Waals surface area contributed by atoms with Gasteiger partial charge in [-0.1, -0.05) is 26.2 Å². The summed E-state index contributed by atoms with van der Waals surface area (Å²) in [5.41, 5.74) is 0.544. The molecule has 0 spiro atoms. The second kappa shape index (κ2) is 7.94. The van der Waals surface area contributed by atoms with Gasteiger partial charge in [0, 0.05) is 38.3 Å². The van der Waals surface area contributed by atoms with E-state index in [1.165, 1.54) is 71.2 Å². The Labute approximate surface area is 132 Å². The van der Waals surface area contributed by atoms with Gasteiger partial charge in [0.1, 0.15) is 0 Å². The first-order valence-corrected chi connectivity index (χ1v) is 9.21. The lowest BCUT2D eigenvalue weighted by Crippen LogP contribution is -2.58. The molecule has 1 saturated heterocycles. The van der Waals surface area contributed by atoms with Crippen LogP contribution in [0.3, 0.4) is 0 Å². The van der Waals surface area contributed by atoms with Crippen molar-refractivity contribution in [2.45, 2.75) is 71.4 Å². The van der Waals surface area contributed by atoms with Crippen molar-refractivity contribution in [1.29, 1.82) is 0 Å². The first kappa shape index (κ1) is 17.2. The maximum Gasteiger partial charge on any atom is 0.0195 e. The molecule has 2 atom stereocenters. The van der Waals surface area contributed by atoms with Gasteiger partial charge in [0.2, 0.25) is 0 Å². The molecule has 0 aromatic rings.